The number of hydrogen-bond donors (Lipinski definition) is 4. The molecule has 0 aliphatic heterocycles. The summed E-state index contributed by atoms with van der Waals surface area (Å²) in [6, 6.07) is 4.57. The van der Waals surface area contributed by atoms with Gasteiger partial charge in [-0.05, 0) is 30.7 Å². The summed E-state index contributed by atoms with van der Waals surface area (Å²) in [7, 11) is 0. The van der Waals surface area contributed by atoms with Gasteiger partial charge in [-0.1, -0.05) is 6.92 Å². The third-order valence-corrected chi connectivity index (χ3v) is 3.02. The van der Waals surface area contributed by atoms with Gasteiger partial charge in [0.05, 0.1) is 17.9 Å². The van der Waals surface area contributed by atoms with Gasteiger partial charge in [0.15, 0.2) is 0 Å². The summed E-state index contributed by atoms with van der Waals surface area (Å²) < 4.78 is 19.2. The molecule has 0 aliphatic rings. The lowest BCUT2D eigenvalue weighted by molar-refractivity contribution is 0.100. The van der Waals surface area contributed by atoms with Crippen LogP contribution in [0.1, 0.15) is 23.7 Å². The van der Waals surface area contributed by atoms with Crippen molar-refractivity contribution >= 4 is 17.8 Å². The second-order valence-electron chi connectivity index (χ2n) is 4.81. The van der Waals surface area contributed by atoms with Crippen LogP contribution in [-0.2, 0) is 0 Å². The fourth-order valence-electron chi connectivity index (χ4n) is 2.07. The van der Waals surface area contributed by atoms with E-state index in [-0.39, 0.29) is 11.4 Å². The molecule has 3 amide bonds. The molecule has 2 aromatic rings. The lowest BCUT2D eigenvalue weighted by atomic mass is 10.1. The maximum atomic E-state index is 13.6. The first-order valence-electron chi connectivity index (χ1n) is 6.94. The van der Waals surface area contributed by atoms with E-state index in [1.807, 2.05) is 6.92 Å². The summed E-state index contributed by atoms with van der Waals surface area (Å²) in [5, 5.41) is 2.27. The van der Waals surface area contributed by atoms with Crippen molar-refractivity contribution in [2.45, 2.75) is 13.3 Å². The Hall–Kier alpha value is -3.03. The molecule has 6 N–H and O–H groups in total. The highest BCUT2D eigenvalue weighted by atomic mass is 19.1. The Balaban J connectivity index is 2.51. The maximum absolute atomic E-state index is 13.6. The number of carbonyl (C=O) groups is 2. The molecule has 0 bridgehead atoms. The van der Waals surface area contributed by atoms with Crippen LogP contribution in [0.15, 0.2) is 24.3 Å². The molecule has 0 saturated carbocycles. The molecule has 1 aromatic carbocycles. The predicted octanol–water partition coefficient (Wildman–Crippen LogP) is 2.20. The molecule has 0 saturated heterocycles. The number of urea groups is 1. The van der Waals surface area contributed by atoms with Gasteiger partial charge in [-0.3, -0.25) is 10.1 Å². The summed E-state index contributed by atoms with van der Waals surface area (Å²) in [5.41, 5.74) is 11.1. The lowest BCUT2D eigenvalue weighted by Gasteiger charge is -2.10. The Bertz CT molecular complexity index is 742. The lowest BCUT2D eigenvalue weighted by Crippen LogP contribution is -2.22. The highest BCUT2D eigenvalue weighted by Gasteiger charge is 2.18. The standard InChI is InChI=1S/C15H17FN4O3/c1-2-5-23-12-4-3-8(16)6-9(12)11-7-10(13(17)21)14(19-11)20-15(18)22/h3-4,6-7,19H,2,5H2,1H3,(H2,17,21)(H3,18,20,22). The minimum absolute atomic E-state index is 0.0319. The molecule has 7 nitrogen and oxygen atoms in total. The number of amides is 3. The molecule has 1 aromatic heterocycles. The van der Waals surface area contributed by atoms with Crippen molar-refractivity contribution in [1.29, 1.82) is 0 Å². The molecule has 23 heavy (non-hydrogen) atoms. The van der Waals surface area contributed by atoms with Crippen LogP contribution in [0.25, 0.3) is 11.3 Å². The molecule has 122 valence electrons. The number of aromatic amines is 1. The van der Waals surface area contributed by atoms with Gasteiger partial charge in [-0.15, -0.1) is 0 Å². The first-order chi connectivity index (χ1) is 10.9. The Labute approximate surface area is 131 Å². The average Bonchev–Trinajstić information content (AvgIpc) is 2.89. The fourth-order valence-corrected chi connectivity index (χ4v) is 2.07. The summed E-state index contributed by atoms with van der Waals surface area (Å²) in [5.74, 6) is -0.742. The molecular weight excluding hydrogens is 303 g/mol. The molecular formula is C15H17FN4O3. The zero-order valence-corrected chi connectivity index (χ0v) is 12.5. The number of aromatic nitrogens is 1. The summed E-state index contributed by atoms with van der Waals surface area (Å²) in [6.45, 7) is 2.40. The number of halogens is 1. The molecule has 0 atom stereocenters. The SMILES string of the molecule is CCCOc1ccc(F)cc1-c1cc(C(N)=O)c(NC(N)=O)[nH]1. The predicted molar refractivity (Wildman–Crippen MR) is 83.7 cm³/mol. The molecule has 0 unspecified atom stereocenters. The Morgan fingerprint density at radius 1 is 1.30 bits per heavy atom. The second kappa shape index (κ2) is 6.82. The Morgan fingerprint density at radius 3 is 2.65 bits per heavy atom. The highest BCUT2D eigenvalue weighted by molar-refractivity contribution is 6.03. The van der Waals surface area contributed by atoms with Crippen LogP contribution in [0.2, 0.25) is 0 Å². The average molecular weight is 320 g/mol. The first kappa shape index (κ1) is 16.3. The Morgan fingerprint density at radius 2 is 2.04 bits per heavy atom. The van der Waals surface area contributed by atoms with Crippen molar-refractivity contribution in [3.63, 3.8) is 0 Å². The molecule has 1 heterocycles. The largest absolute Gasteiger partial charge is 0.493 e. The number of rotatable bonds is 6. The van der Waals surface area contributed by atoms with Gasteiger partial charge < -0.3 is 21.2 Å². The van der Waals surface area contributed by atoms with Gasteiger partial charge >= 0.3 is 6.03 Å². The van der Waals surface area contributed by atoms with Crippen molar-refractivity contribution in [2.24, 2.45) is 11.5 Å². The van der Waals surface area contributed by atoms with E-state index in [0.29, 0.717) is 23.6 Å². The number of H-pyrrole nitrogens is 1. The van der Waals surface area contributed by atoms with Crippen LogP contribution in [0, 0.1) is 5.82 Å². The minimum atomic E-state index is -0.859. The van der Waals surface area contributed by atoms with E-state index in [0.717, 1.165) is 6.42 Å². The molecule has 8 heteroatoms. The van der Waals surface area contributed by atoms with Crippen molar-refractivity contribution in [3.05, 3.63) is 35.6 Å². The summed E-state index contributed by atoms with van der Waals surface area (Å²) in [6.07, 6.45) is 0.780. The zero-order valence-electron chi connectivity index (χ0n) is 12.5. The highest BCUT2D eigenvalue weighted by Crippen LogP contribution is 2.33. The van der Waals surface area contributed by atoms with E-state index in [4.69, 9.17) is 16.2 Å². The monoisotopic (exact) mass is 320 g/mol. The number of benzene rings is 1. The van der Waals surface area contributed by atoms with Crippen LogP contribution in [-0.4, -0.2) is 23.5 Å². The number of carbonyl (C=O) groups excluding carboxylic acids is 2. The number of anilines is 1. The van der Waals surface area contributed by atoms with E-state index >= 15 is 0 Å². The number of nitrogens with one attached hydrogen (secondary N) is 2. The molecule has 0 spiro atoms. The smallest absolute Gasteiger partial charge is 0.317 e. The Kier molecular flexibility index (Phi) is 4.85. The van der Waals surface area contributed by atoms with E-state index in [2.05, 4.69) is 10.3 Å². The number of hydrogen-bond acceptors (Lipinski definition) is 3. The number of primary amides is 2. The van der Waals surface area contributed by atoms with Crippen molar-refractivity contribution in [2.75, 3.05) is 11.9 Å². The molecule has 2 rings (SSSR count). The van der Waals surface area contributed by atoms with Gasteiger partial charge in [-0.2, -0.15) is 0 Å². The van der Waals surface area contributed by atoms with Crippen molar-refractivity contribution < 1.29 is 18.7 Å². The maximum Gasteiger partial charge on any atom is 0.317 e. The van der Waals surface area contributed by atoms with E-state index in [9.17, 15) is 14.0 Å². The molecule has 0 aliphatic carbocycles. The van der Waals surface area contributed by atoms with E-state index in [1.165, 1.54) is 24.3 Å². The summed E-state index contributed by atoms with van der Waals surface area (Å²) >= 11 is 0. The zero-order chi connectivity index (χ0) is 17.0. The first-order valence-corrected chi connectivity index (χ1v) is 6.94. The van der Waals surface area contributed by atoms with Gasteiger partial charge in [0, 0.05) is 5.56 Å². The van der Waals surface area contributed by atoms with E-state index in [1.54, 1.807) is 0 Å². The second-order valence-corrected chi connectivity index (χ2v) is 4.81. The van der Waals surface area contributed by atoms with Crippen molar-refractivity contribution in [3.8, 4) is 17.0 Å². The van der Waals surface area contributed by atoms with Gasteiger partial charge in [0.2, 0.25) is 0 Å². The van der Waals surface area contributed by atoms with Gasteiger partial charge in [-0.25, -0.2) is 9.18 Å². The van der Waals surface area contributed by atoms with Crippen LogP contribution < -0.4 is 21.5 Å². The van der Waals surface area contributed by atoms with Crippen LogP contribution in [0.5, 0.6) is 5.75 Å². The fraction of sp³-hybridized carbons (Fsp3) is 0.200. The van der Waals surface area contributed by atoms with Gasteiger partial charge in [0.1, 0.15) is 17.4 Å². The molecule has 0 fully saturated rings. The third-order valence-electron chi connectivity index (χ3n) is 3.02. The summed E-state index contributed by atoms with van der Waals surface area (Å²) in [4.78, 5) is 25.3. The van der Waals surface area contributed by atoms with Gasteiger partial charge in [0.25, 0.3) is 5.91 Å². The quantitative estimate of drug-likeness (QED) is 0.652. The normalized spacial score (nSPS) is 10.3. The molecule has 0 radical (unpaired) electrons. The van der Waals surface area contributed by atoms with E-state index < -0.39 is 17.8 Å². The van der Waals surface area contributed by atoms with Crippen LogP contribution >= 0.6 is 0 Å². The minimum Gasteiger partial charge on any atom is -0.493 e. The van der Waals surface area contributed by atoms with Crippen molar-refractivity contribution in [1.82, 2.24) is 4.98 Å². The van der Waals surface area contributed by atoms with Crippen LogP contribution in [0.4, 0.5) is 15.0 Å². The number of nitrogens with two attached hydrogens (primary N) is 2. The van der Waals surface area contributed by atoms with Crippen LogP contribution in [0.3, 0.4) is 0 Å². The third kappa shape index (κ3) is 3.79. The topological polar surface area (TPSA) is 123 Å². The number of ether oxygens (including phenoxy) is 1.